The van der Waals surface area contributed by atoms with Crippen molar-refractivity contribution in [2.75, 3.05) is 5.32 Å². The molecule has 0 bridgehead atoms. The molecule has 0 aliphatic rings. The van der Waals surface area contributed by atoms with E-state index in [1.54, 1.807) is 36.4 Å². The highest BCUT2D eigenvalue weighted by Crippen LogP contribution is 2.26. The van der Waals surface area contributed by atoms with E-state index >= 15 is 0 Å². The summed E-state index contributed by atoms with van der Waals surface area (Å²) in [6.07, 6.45) is 0. The van der Waals surface area contributed by atoms with Gasteiger partial charge in [-0.05, 0) is 23.8 Å². The van der Waals surface area contributed by atoms with Crippen LogP contribution in [-0.2, 0) is 11.3 Å². The van der Waals surface area contributed by atoms with Crippen LogP contribution in [0.3, 0.4) is 0 Å². The monoisotopic (exact) mass is 495 g/mol. The summed E-state index contributed by atoms with van der Waals surface area (Å²) in [5, 5.41) is 13.1. The van der Waals surface area contributed by atoms with Gasteiger partial charge >= 0.3 is 0 Å². The zero-order chi connectivity index (χ0) is 25.1. The third-order valence-corrected chi connectivity index (χ3v) is 6.29. The Kier molecular flexibility index (Phi) is 6.38. The number of aromatic nitrogens is 3. The molecule has 0 radical (unpaired) electrons. The number of carbonyl (C=O) groups excluding carboxylic acids is 2. The van der Waals surface area contributed by atoms with Gasteiger partial charge in [0, 0.05) is 29.8 Å². The van der Waals surface area contributed by atoms with Crippen LogP contribution in [0.15, 0.2) is 89.0 Å². The van der Waals surface area contributed by atoms with Crippen molar-refractivity contribution in [2.45, 2.75) is 13.5 Å². The molecule has 5 rings (SSSR count). The summed E-state index contributed by atoms with van der Waals surface area (Å²) in [4.78, 5) is 42.0. The Hall–Kier alpha value is -4.63. The van der Waals surface area contributed by atoms with Gasteiger partial charge in [-0.25, -0.2) is 4.98 Å². The van der Waals surface area contributed by atoms with E-state index in [-0.39, 0.29) is 17.2 Å². The summed E-state index contributed by atoms with van der Waals surface area (Å²) in [5.74, 6) is -0.539. The number of carbonyl (C=O) groups is 2. The fraction of sp³-hybridized carbons (Fsp3) is 0.0741. The molecule has 36 heavy (non-hydrogen) atoms. The molecular formula is C27H21N5O3S. The molecule has 8 nitrogen and oxygen atoms in total. The molecule has 0 fully saturated rings. The minimum atomic E-state index is -0.456. The summed E-state index contributed by atoms with van der Waals surface area (Å²) in [6.45, 7) is 1.94. The van der Waals surface area contributed by atoms with Gasteiger partial charge in [-0.2, -0.15) is 9.78 Å². The van der Waals surface area contributed by atoms with Crippen LogP contribution in [0.5, 0.6) is 0 Å². The first-order valence-electron chi connectivity index (χ1n) is 11.2. The van der Waals surface area contributed by atoms with Crippen molar-refractivity contribution in [2.24, 2.45) is 0 Å². The molecule has 0 spiro atoms. The number of anilines is 1. The Balaban J connectivity index is 1.42. The molecule has 9 heteroatoms. The second-order valence-corrected chi connectivity index (χ2v) is 8.90. The molecule has 2 amide bonds. The Morgan fingerprint density at radius 3 is 2.33 bits per heavy atom. The van der Waals surface area contributed by atoms with Crippen molar-refractivity contribution in [3.8, 4) is 16.9 Å². The van der Waals surface area contributed by atoms with Crippen LogP contribution in [0.4, 0.5) is 5.13 Å². The minimum Gasteiger partial charge on any atom is -0.352 e. The van der Waals surface area contributed by atoms with Crippen LogP contribution < -0.4 is 16.2 Å². The van der Waals surface area contributed by atoms with Gasteiger partial charge in [0.1, 0.15) is 0 Å². The van der Waals surface area contributed by atoms with Crippen molar-refractivity contribution in [3.63, 3.8) is 0 Å². The van der Waals surface area contributed by atoms with E-state index in [2.05, 4.69) is 20.7 Å². The van der Waals surface area contributed by atoms with Crippen LogP contribution in [0.1, 0.15) is 23.0 Å². The van der Waals surface area contributed by atoms with E-state index in [4.69, 9.17) is 0 Å². The number of para-hydroxylation sites is 1. The highest BCUT2D eigenvalue weighted by Gasteiger charge is 2.19. The average molecular weight is 496 g/mol. The smallest absolute Gasteiger partial charge is 0.279 e. The molecular weight excluding hydrogens is 474 g/mol. The fourth-order valence-corrected chi connectivity index (χ4v) is 4.46. The van der Waals surface area contributed by atoms with Crippen molar-refractivity contribution in [1.82, 2.24) is 20.1 Å². The van der Waals surface area contributed by atoms with Gasteiger partial charge in [-0.1, -0.05) is 60.7 Å². The van der Waals surface area contributed by atoms with E-state index < -0.39 is 5.91 Å². The van der Waals surface area contributed by atoms with Gasteiger partial charge < -0.3 is 5.32 Å². The maximum atomic E-state index is 13.3. The topological polar surface area (TPSA) is 106 Å². The highest BCUT2D eigenvalue weighted by molar-refractivity contribution is 7.14. The SMILES string of the molecule is CC(=O)NCc1ccc(-c2csc(NC(=O)c3nn(-c4ccccc4)c(=O)c4ccccc34)n2)cc1. The molecule has 0 unspecified atom stereocenters. The normalized spacial score (nSPS) is 10.8. The fourth-order valence-electron chi connectivity index (χ4n) is 3.74. The lowest BCUT2D eigenvalue weighted by Gasteiger charge is -2.10. The van der Waals surface area contributed by atoms with E-state index in [1.165, 1.54) is 22.9 Å². The number of nitrogens with one attached hydrogen (secondary N) is 2. The average Bonchev–Trinajstić information content (AvgIpc) is 3.37. The number of amides is 2. The van der Waals surface area contributed by atoms with Crippen molar-refractivity contribution in [1.29, 1.82) is 0 Å². The van der Waals surface area contributed by atoms with Gasteiger partial charge in [0.05, 0.1) is 16.8 Å². The van der Waals surface area contributed by atoms with Crippen LogP contribution in [0.2, 0.25) is 0 Å². The summed E-state index contributed by atoms with van der Waals surface area (Å²) in [5.41, 5.74) is 2.98. The van der Waals surface area contributed by atoms with Gasteiger partial charge in [0.2, 0.25) is 5.91 Å². The third kappa shape index (κ3) is 4.77. The molecule has 0 aliphatic carbocycles. The third-order valence-electron chi connectivity index (χ3n) is 5.54. The van der Waals surface area contributed by atoms with E-state index in [1.807, 2.05) is 47.8 Å². The zero-order valence-electron chi connectivity index (χ0n) is 19.3. The molecule has 2 aromatic heterocycles. The molecule has 0 saturated heterocycles. The number of thiazole rings is 1. The Labute approximate surface area is 210 Å². The molecule has 2 heterocycles. The first-order valence-corrected chi connectivity index (χ1v) is 12.1. The van der Waals surface area contributed by atoms with E-state index in [0.717, 1.165) is 11.1 Å². The van der Waals surface area contributed by atoms with Crippen LogP contribution in [-0.4, -0.2) is 26.6 Å². The Morgan fingerprint density at radius 1 is 0.917 bits per heavy atom. The lowest BCUT2D eigenvalue weighted by atomic mass is 10.1. The van der Waals surface area contributed by atoms with E-state index in [9.17, 15) is 14.4 Å². The zero-order valence-corrected chi connectivity index (χ0v) is 20.1. The predicted octanol–water partition coefficient (Wildman–Crippen LogP) is 4.40. The molecule has 5 aromatic rings. The summed E-state index contributed by atoms with van der Waals surface area (Å²) in [7, 11) is 0. The lowest BCUT2D eigenvalue weighted by molar-refractivity contribution is -0.119. The van der Waals surface area contributed by atoms with Crippen LogP contribution in [0, 0.1) is 0 Å². The standard InChI is InChI=1S/C27H21N5O3S/c1-17(33)28-15-18-11-13-19(14-12-18)23-16-36-27(29-23)30-25(34)24-21-9-5-6-10-22(21)26(35)32(31-24)20-7-3-2-4-8-20/h2-14,16H,15H2,1H3,(H,28,33)(H,29,30,34). The van der Waals surface area contributed by atoms with Crippen molar-refractivity contribution < 1.29 is 9.59 Å². The number of fused-ring (bicyclic) bond motifs is 1. The Morgan fingerprint density at radius 2 is 1.61 bits per heavy atom. The number of rotatable bonds is 6. The summed E-state index contributed by atoms with van der Waals surface area (Å²) in [6, 6.07) is 23.6. The van der Waals surface area contributed by atoms with E-state index in [0.29, 0.717) is 33.8 Å². The number of nitrogens with zero attached hydrogens (tertiary/aromatic N) is 3. The minimum absolute atomic E-state index is 0.0830. The maximum Gasteiger partial charge on any atom is 0.279 e. The summed E-state index contributed by atoms with van der Waals surface area (Å²) < 4.78 is 1.24. The number of hydrogen-bond donors (Lipinski definition) is 2. The Bertz CT molecular complexity index is 1630. The molecule has 3 aromatic carbocycles. The summed E-state index contributed by atoms with van der Waals surface area (Å²) >= 11 is 1.30. The number of benzene rings is 3. The highest BCUT2D eigenvalue weighted by atomic mass is 32.1. The second-order valence-electron chi connectivity index (χ2n) is 8.05. The molecule has 0 atom stereocenters. The van der Waals surface area contributed by atoms with Crippen molar-refractivity contribution in [3.05, 3.63) is 106 Å². The maximum absolute atomic E-state index is 13.3. The van der Waals surface area contributed by atoms with Crippen molar-refractivity contribution >= 4 is 39.1 Å². The largest absolute Gasteiger partial charge is 0.352 e. The van der Waals surface area contributed by atoms with Crippen LogP contribution in [0.25, 0.3) is 27.7 Å². The first kappa shape index (κ1) is 23.1. The quantitative estimate of drug-likeness (QED) is 0.363. The molecule has 0 saturated carbocycles. The molecule has 2 N–H and O–H groups in total. The van der Waals surface area contributed by atoms with Gasteiger partial charge in [-0.3, -0.25) is 19.7 Å². The predicted molar refractivity (Wildman–Crippen MR) is 140 cm³/mol. The lowest BCUT2D eigenvalue weighted by Crippen LogP contribution is -2.26. The first-order chi connectivity index (χ1) is 17.5. The molecule has 178 valence electrons. The second kappa shape index (κ2) is 9.93. The van der Waals surface area contributed by atoms with Gasteiger partial charge in [0.15, 0.2) is 10.8 Å². The van der Waals surface area contributed by atoms with Gasteiger partial charge in [-0.15, -0.1) is 11.3 Å². The molecule has 0 aliphatic heterocycles. The van der Waals surface area contributed by atoms with Crippen LogP contribution >= 0.6 is 11.3 Å². The number of hydrogen-bond acceptors (Lipinski definition) is 6. The van der Waals surface area contributed by atoms with Gasteiger partial charge in [0.25, 0.3) is 11.5 Å².